The summed E-state index contributed by atoms with van der Waals surface area (Å²) in [6.45, 7) is 0. The molecule has 8 heteroatoms. The number of aromatic nitrogens is 4. The van der Waals surface area contributed by atoms with Crippen molar-refractivity contribution in [1.82, 2.24) is 19.9 Å². The number of nitrogens with one attached hydrogen (secondary N) is 2. The Morgan fingerprint density at radius 1 is 0.655 bits per heavy atom. The van der Waals surface area contributed by atoms with E-state index in [0.29, 0.717) is 6.26 Å². The van der Waals surface area contributed by atoms with E-state index in [1.165, 1.54) is 0 Å². The first-order chi connectivity index (χ1) is 13.8. The van der Waals surface area contributed by atoms with Gasteiger partial charge in [0.15, 0.2) is 0 Å². The van der Waals surface area contributed by atoms with Crippen LogP contribution in [0.4, 0.5) is 0 Å². The lowest BCUT2D eigenvalue weighted by molar-refractivity contribution is 0.490. The summed E-state index contributed by atoms with van der Waals surface area (Å²) in [4.78, 5) is 16.0. The zero-order chi connectivity index (χ0) is 20.4. The molecule has 0 saturated heterocycles. The molecule has 3 N–H and O–H groups in total. The number of aromatic amines is 2. The fraction of sp³-hybridized carbons (Fsp3) is 0.0476. The molecule has 2 aliphatic rings. The quantitative estimate of drug-likeness (QED) is 0.334. The molecule has 0 spiro atoms. The van der Waals surface area contributed by atoms with E-state index in [0.717, 1.165) is 44.8 Å². The third-order valence-corrected chi connectivity index (χ3v) is 4.04. The largest absolute Gasteiger partial charge is 0.355 e. The van der Waals surface area contributed by atoms with E-state index in [9.17, 15) is 8.42 Å². The monoisotopic (exact) mass is 406 g/mol. The molecule has 0 fully saturated rings. The van der Waals surface area contributed by atoms with Crippen molar-refractivity contribution >= 4 is 56.5 Å². The molecule has 146 valence electrons. The Kier molecular flexibility index (Phi) is 4.87. The van der Waals surface area contributed by atoms with Crippen molar-refractivity contribution in [2.75, 3.05) is 6.26 Å². The highest BCUT2D eigenvalue weighted by Crippen LogP contribution is 2.16. The number of fused-ring (bicyclic) bond motifs is 8. The third kappa shape index (κ3) is 5.28. The van der Waals surface area contributed by atoms with Gasteiger partial charge in [-0.1, -0.05) is 0 Å². The van der Waals surface area contributed by atoms with Crippen molar-refractivity contribution in [2.24, 2.45) is 0 Å². The summed E-state index contributed by atoms with van der Waals surface area (Å²) < 4.78 is 25.9. The molecule has 0 amide bonds. The molecule has 3 aromatic rings. The molecule has 0 radical (unpaired) electrons. The summed E-state index contributed by atoms with van der Waals surface area (Å²) in [5.74, 6) is 0. The van der Waals surface area contributed by atoms with Gasteiger partial charge in [0.25, 0.3) is 10.1 Å². The first kappa shape index (κ1) is 18.9. The molecule has 5 heterocycles. The van der Waals surface area contributed by atoms with E-state index in [4.69, 9.17) is 4.55 Å². The highest BCUT2D eigenvalue weighted by molar-refractivity contribution is 7.85. The van der Waals surface area contributed by atoms with Gasteiger partial charge in [0.05, 0.1) is 29.0 Å². The smallest absolute Gasteiger partial charge is 0.261 e. The van der Waals surface area contributed by atoms with Gasteiger partial charge in [-0.15, -0.1) is 0 Å². The standard InChI is InChI=1S/C20H14N4.CH4O3S/c1-2-14-10-16-5-6-18(23-16)12-20-8-7-19(24-20)11-17-4-3-15(22-17)9-13(1)21-14;1-5(2,3)4/h1-12,21,24H;1H3,(H,2,3,4). The molecule has 0 aromatic carbocycles. The van der Waals surface area contributed by atoms with Gasteiger partial charge in [0.1, 0.15) is 0 Å². The minimum Gasteiger partial charge on any atom is -0.355 e. The van der Waals surface area contributed by atoms with Gasteiger partial charge in [-0.2, -0.15) is 8.42 Å². The number of hydrogen-bond donors (Lipinski definition) is 3. The van der Waals surface area contributed by atoms with E-state index in [1.807, 2.05) is 48.6 Å². The van der Waals surface area contributed by atoms with Crippen molar-refractivity contribution in [3.8, 4) is 0 Å². The van der Waals surface area contributed by atoms with Crippen LogP contribution in [0.5, 0.6) is 0 Å². The fourth-order valence-corrected chi connectivity index (χ4v) is 2.94. The normalized spacial score (nSPS) is 12.5. The zero-order valence-corrected chi connectivity index (χ0v) is 16.3. The van der Waals surface area contributed by atoms with E-state index < -0.39 is 10.1 Å². The van der Waals surface area contributed by atoms with Crippen molar-refractivity contribution < 1.29 is 13.0 Å². The van der Waals surface area contributed by atoms with Crippen molar-refractivity contribution in [3.63, 3.8) is 0 Å². The molecule has 0 unspecified atom stereocenters. The SMILES string of the molecule is C1=Cc2cc3ccc(cc4nc(cc5ccc(cc1n2)[nH]5)C=C4)[nH]3.CS(=O)(=O)O. The van der Waals surface area contributed by atoms with E-state index in [2.05, 4.69) is 44.2 Å². The van der Waals surface area contributed by atoms with Gasteiger partial charge in [-0.3, -0.25) is 4.55 Å². The number of nitrogens with zero attached hydrogens (tertiary/aromatic N) is 2. The topological polar surface area (TPSA) is 112 Å². The van der Waals surface area contributed by atoms with Crippen LogP contribution in [0.1, 0.15) is 22.8 Å². The molecular weight excluding hydrogens is 388 g/mol. The Morgan fingerprint density at radius 2 is 0.897 bits per heavy atom. The minimum atomic E-state index is -3.67. The summed E-state index contributed by atoms with van der Waals surface area (Å²) in [7, 11) is -3.67. The van der Waals surface area contributed by atoms with E-state index in [-0.39, 0.29) is 0 Å². The van der Waals surface area contributed by atoms with E-state index >= 15 is 0 Å². The minimum absolute atomic E-state index is 0.715. The highest BCUT2D eigenvalue weighted by Gasteiger charge is 2.01. The van der Waals surface area contributed by atoms with Gasteiger partial charge in [0.2, 0.25) is 0 Å². The Hall–Kier alpha value is -3.49. The predicted molar refractivity (Wildman–Crippen MR) is 116 cm³/mol. The molecular formula is C21H18N4O3S. The molecule has 3 aromatic heterocycles. The van der Waals surface area contributed by atoms with Crippen molar-refractivity contribution in [2.45, 2.75) is 0 Å². The van der Waals surface area contributed by atoms with E-state index in [1.54, 1.807) is 0 Å². The molecule has 0 atom stereocenters. The van der Waals surface area contributed by atoms with Gasteiger partial charge in [-0.05, 0) is 72.8 Å². The van der Waals surface area contributed by atoms with Gasteiger partial charge < -0.3 is 9.97 Å². The Morgan fingerprint density at radius 3 is 1.14 bits per heavy atom. The summed E-state index contributed by atoms with van der Waals surface area (Å²) in [5.41, 5.74) is 7.86. The number of hydrogen-bond acceptors (Lipinski definition) is 4. The second-order valence-corrected chi connectivity index (χ2v) is 8.10. The molecule has 0 saturated carbocycles. The van der Waals surface area contributed by atoms with Crippen molar-refractivity contribution in [3.05, 3.63) is 71.3 Å². The lowest BCUT2D eigenvalue weighted by Gasteiger charge is -1.85. The summed E-state index contributed by atoms with van der Waals surface area (Å²) in [6, 6.07) is 16.4. The second-order valence-electron chi connectivity index (χ2n) is 6.64. The summed E-state index contributed by atoms with van der Waals surface area (Å²) in [6.07, 6.45) is 8.81. The maximum Gasteiger partial charge on any atom is 0.261 e. The molecule has 29 heavy (non-hydrogen) atoms. The maximum atomic E-state index is 9.19. The van der Waals surface area contributed by atoms with Crippen LogP contribution >= 0.6 is 0 Å². The Labute approximate surface area is 167 Å². The van der Waals surface area contributed by atoms with Crippen molar-refractivity contribution in [1.29, 1.82) is 0 Å². The first-order valence-corrected chi connectivity index (χ1v) is 10.6. The fourth-order valence-electron chi connectivity index (χ4n) is 2.94. The van der Waals surface area contributed by atoms with Crippen LogP contribution in [0.25, 0.3) is 46.4 Å². The van der Waals surface area contributed by atoms with Gasteiger partial charge in [0, 0.05) is 22.1 Å². The van der Waals surface area contributed by atoms with Crippen LogP contribution in [0.15, 0.2) is 48.5 Å². The molecule has 8 bridgehead atoms. The first-order valence-electron chi connectivity index (χ1n) is 8.77. The molecule has 2 aliphatic heterocycles. The lowest BCUT2D eigenvalue weighted by Crippen LogP contribution is -1.88. The number of H-pyrrole nitrogens is 2. The molecule has 7 nitrogen and oxygen atoms in total. The van der Waals surface area contributed by atoms with Crippen LogP contribution in [0.2, 0.25) is 0 Å². The maximum absolute atomic E-state index is 9.19. The van der Waals surface area contributed by atoms with Crippen LogP contribution in [0.3, 0.4) is 0 Å². The second kappa shape index (κ2) is 7.50. The average molecular weight is 406 g/mol. The summed E-state index contributed by atoms with van der Waals surface area (Å²) >= 11 is 0. The van der Waals surface area contributed by atoms with Crippen LogP contribution < -0.4 is 0 Å². The van der Waals surface area contributed by atoms with Crippen LogP contribution in [-0.2, 0) is 10.1 Å². The molecule has 5 rings (SSSR count). The third-order valence-electron chi connectivity index (χ3n) is 4.04. The summed E-state index contributed by atoms with van der Waals surface area (Å²) in [5, 5.41) is 0. The van der Waals surface area contributed by atoms with Crippen LogP contribution in [-0.4, -0.2) is 39.2 Å². The Bertz CT molecular complexity index is 1210. The number of rotatable bonds is 0. The van der Waals surface area contributed by atoms with Gasteiger partial charge in [-0.25, -0.2) is 9.97 Å². The van der Waals surface area contributed by atoms with Gasteiger partial charge >= 0.3 is 0 Å². The Balaban J connectivity index is 0.000000369. The zero-order valence-electron chi connectivity index (χ0n) is 15.5. The lowest BCUT2D eigenvalue weighted by atomic mass is 10.3. The average Bonchev–Trinajstić information content (AvgIpc) is 3.38. The highest BCUT2D eigenvalue weighted by atomic mass is 32.2. The van der Waals surface area contributed by atoms with Crippen LogP contribution in [0, 0.1) is 0 Å². The molecule has 0 aliphatic carbocycles. The predicted octanol–water partition coefficient (Wildman–Crippen LogP) is 4.16.